The Kier molecular flexibility index (Phi) is 5.19. The Morgan fingerprint density at radius 2 is 1.13 bits per heavy atom. The van der Waals surface area contributed by atoms with E-state index in [0.717, 1.165) is 76.5 Å². The van der Waals surface area contributed by atoms with Crippen LogP contribution >= 0.6 is 0 Å². The van der Waals surface area contributed by atoms with Crippen molar-refractivity contribution in [2.24, 2.45) is 0 Å². The molecule has 46 heavy (non-hydrogen) atoms. The van der Waals surface area contributed by atoms with Crippen molar-refractivity contribution in [3.8, 4) is 34.2 Å². The molecule has 0 N–H and O–H groups in total. The van der Waals surface area contributed by atoms with E-state index in [-0.39, 0.29) is 0 Å². The summed E-state index contributed by atoms with van der Waals surface area (Å²) in [6.45, 7) is 0. The number of para-hydroxylation sites is 1. The van der Waals surface area contributed by atoms with Gasteiger partial charge >= 0.3 is 0 Å². The second kappa shape index (κ2) is 9.55. The molecule has 10 rings (SSSR count). The van der Waals surface area contributed by atoms with Crippen LogP contribution in [0.5, 0.6) is 0 Å². The maximum absolute atomic E-state index is 6.23. The van der Waals surface area contributed by atoms with Crippen LogP contribution < -0.4 is 0 Å². The van der Waals surface area contributed by atoms with Gasteiger partial charge in [0.25, 0.3) is 0 Å². The number of fused-ring (bicyclic) bond motifs is 9. The summed E-state index contributed by atoms with van der Waals surface area (Å²) in [7, 11) is 0. The van der Waals surface area contributed by atoms with Gasteiger partial charge in [0.2, 0.25) is 5.71 Å². The van der Waals surface area contributed by atoms with Crippen LogP contribution in [-0.4, -0.2) is 19.9 Å². The summed E-state index contributed by atoms with van der Waals surface area (Å²) in [5, 5.41) is 8.38. The van der Waals surface area contributed by atoms with Crippen LogP contribution in [0.25, 0.3) is 99.7 Å². The van der Waals surface area contributed by atoms with Gasteiger partial charge in [0.15, 0.2) is 17.5 Å². The first-order valence-corrected chi connectivity index (χ1v) is 15.1. The predicted molar refractivity (Wildman–Crippen MR) is 183 cm³/mol. The molecule has 6 aromatic carbocycles. The minimum absolute atomic E-state index is 0.585. The van der Waals surface area contributed by atoms with E-state index in [0.29, 0.717) is 23.2 Å². The van der Waals surface area contributed by atoms with E-state index in [1.165, 1.54) is 0 Å². The molecule has 0 fully saturated rings. The average Bonchev–Trinajstić information content (AvgIpc) is 3.70. The number of benzene rings is 6. The van der Waals surface area contributed by atoms with Crippen molar-refractivity contribution in [1.82, 2.24) is 19.9 Å². The molecule has 0 aliphatic carbocycles. The van der Waals surface area contributed by atoms with Crippen molar-refractivity contribution in [3.63, 3.8) is 0 Å². The highest BCUT2D eigenvalue weighted by Gasteiger charge is 2.20. The molecule has 10 aromatic rings. The maximum Gasteiger partial charge on any atom is 0.227 e. The topological polar surface area (TPSA) is 77.8 Å². The Hall–Kier alpha value is -6.40. The van der Waals surface area contributed by atoms with Crippen LogP contribution in [0.15, 0.2) is 142 Å². The van der Waals surface area contributed by atoms with Gasteiger partial charge in [-0.25, -0.2) is 19.9 Å². The third-order valence-corrected chi connectivity index (χ3v) is 8.80. The highest BCUT2D eigenvalue weighted by molar-refractivity contribution is 6.20. The van der Waals surface area contributed by atoms with Crippen LogP contribution in [0.2, 0.25) is 0 Å². The van der Waals surface area contributed by atoms with Gasteiger partial charge in [-0.15, -0.1) is 0 Å². The van der Waals surface area contributed by atoms with E-state index in [1.54, 1.807) is 6.20 Å². The number of nitrogens with zero attached hydrogens (tertiary/aromatic N) is 4. The summed E-state index contributed by atoms with van der Waals surface area (Å²) in [6, 6.07) is 43.1. The minimum Gasteiger partial charge on any atom is -0.456 e. The minimum atomic E-state index is 0.585. The Morgan fingerprint density at radius 3 is 2.09 bits per heavy atom. The van der Waals surface area contributed by atoms with Gasteiger partial charge in [-0.2, -0.15) is 0 Å². The second-order valence-corrected chi connectivity index (χ2v) is 11.4. The summed E-state index contributed by atoms with van der Waals surface area (Å²) < 4.78 is 12.3. The quantitative estimate of drug-likeness (QED) is 0.204. The Labute approximate surface area is 261 Å². The van der Waals surface area contributed by atoms with E-state index in [9.17, 15) is 0 Å². The van der Waals surface area contributed by atoms with Crippen molar-refractivity contribution in [2.45, 2.75) is 0 Å². The second-order valence-electron chi connectivity index (χ2n) is 11.4. The fourth-order valence-corrected chi connectivity index (χ4v) is 6.70. The normalized spacial score (nSPS) is 11.9. The molecule has 6 heteroatoms. The highest BCUT2D eigenvalue weighted by atomic mass is 16.3. The van der Waals surface area contributed by atoms with E-state index in [4.69, 9.17) is 23.8 Å². The monoisotopic (exact) mass is 590 g/mol. The molecule has 0 atom stereocenters. The van der Waals surface area contributed by atoms with E-state index >= 15 is 0 Å². The van der Waals surface area contributed by atoms with E-state index in [1.807, 2.05) is 54.6 Å². The van der Waals surface area contributed by atoms with Crippen molar-refractivity contribution in [1.29, 1.82) is 0 Å². The van der Waals surface area contributed by atoms with Gasteiger partial charge in [-0.3, -0.25) is 0 Å². The Morgan fingerprint density at radius 1 is 0.413 bits per heavy atom. The van der Waals surface area contributed by atoms with Crippen molar-refractivity contribution in [2.75, 3.05) is 0 Å². The molecule has 0 aliphatic heterocycles. The lowest BCUT2D eigenvalue weighted by Gasteiger charge is -2.11. The van der Waals surface area contributed by atoms with Crippen molar-refractivity contribution >= 4 is 65.6 Å². The molecule has 0 aliphatic rings. The zero-order valence-electron chi connectivity index (χ0n) is 24.3. The van der Waals surface area contributed by atoms with Crippen LogP contribution in [0.3, 0.4) is 0 Å². The van der Waals surface area contributed by atoms with Gasteiger partial charge in [0.05, 0.1) is 0 Å². The molecule has 4 aromatic heterocycles. The van der Waals surface area contributed by atoms with Gasteiger partial charge in [0, 0.05) is 44.4 Å². The molecule has 4 heterocycles. The zero-order valence-corrected chi connectivity index (χ0v) is 24.3. The summed E-state index contributed by atoms with van der Waals surface area (Å²) in [5.41, 5.74) is 5.76. The van der Waals surface area contributed by atoms with Gasteiger partial charge < -0.3 is 8.83 Å². The largest absolute Gasteiger partial charge is 0.456 e. The van der Waals surface area contributed by atoms with Gasteiger partial charge in [-0.05, 0) is 64.0 Å². The lowest BCUT2D eigenvalue weighted by Crippen LogP contribution is -2.01. The number of furan rings is 2. The molecule has 0 saturated carbocycles. The molecular formula is C40H22N4O2. The molecule has 0 amide bonds. The predicted octanol–water partition coefficient (Wildman–Crippen LogP) is 10.4. The number of aromatic nitrogens is 4. The molecule has 6 nitrogen and oxygen atoms in total. The fourth-order valence-electron chi connectivity index (χ4n) is 6.70. The first-order chi connectivity index (χ1) is 22.8. The molecule has 0 spiro atoms. The zero-order chi connectivity index (χ0) is 30.2. The van der Waals surface area contributed by atoms with Crippen LogP contribution in [0, 0.1) is 0 Å². The van der Waals surface area contributed by atoms with Crippen LogP contribution in [0.1, 0.15) is 0 Å². The summed E-state index contributed by atoms with van der Waals surface area (Å²) in [6.07, 6.45) is 1.75. The molecule has 0 radical (unpaired) electrons. The van der Waals surface area contributed by atoms with Crippen molar-refractivity contribution < 1.29 is 8.83 Å². The first-order valence-electron chi connectivity index (χ1n) is 15.1. The third kappa shape index (κ3) is 3.70. The average molecular weight is 591 g/mol. The van der Waals surface area contributed by atoms with Crippen LogP contribution in [0.4, 0.5) is 0 Å². The number of hydrogen-bond acceptors (Lipinski definition) is 6. The molecule has 214 valence electrons. The summed E-state index contributed by atoms with van der Waals surface area (Å²) in [4.78, 5) is 19.9. The van der Waals surface area contributed by atoms with E-state index in [2.05, 4.69) is 77.8 Å². The maximum atomic E-state index is 6.23. The lowest BCUT2D eigenvalue weighted by molar-refractivity contribution is 0.654. The van der Waals surface area contributed by atoms with E-state index < -0.39 is 0 Å². The standard InChI is InChI=1S/C40H22N4O2/c1-2-9-24-22-25(18-17-23(24)8-1)37-42-38(44-39(43-37)30-13-6-16-33-36(30)29-10-3-4-15-32(29)45-33)28-12-5-11-27-26(28)19-20-34-35(27)31-14-7-21-41-40(31)46-34/h1-22H. The molecule has 0 bridgehead atoms. The highest BCUT2D eigenvalue weighted by Crippen LogP contribution is 2.39. The number of hydrogen-bond donors (Lipinski definition) is 0. The van der Waals surface area contributed by atoms with Crippen molar-refractivity contribution in [3.05, 3.63) is 134 Å². The molecule has 0 unspecified atom stereocenters. The first kappa shape index (κ1) is 25.0. The fraction of sp³-hybridized carbons (Fsp3) is 0. The lowest BCUT2D eigenvalue weighted by atomic mass is 9.99. The Balaban J connectivity index is 1.27. The summed E-state index contributed by atoms with van der Waals surface area (Å²) >= 11 is 0. The summed E-state index contributed by atoms with van der Waals surface area (Å²) in [5.74, 6) is 1.78. The van der Waals surface area contributed by atoms with Gasteiger partial charge in [-0.1, -0.05) is 84.9 Å². The number of pyridine rings is 1. The number of rotatable bonds is 3. The third-order valence-electron chi connectivity index (χ3n) is 8.80. The smallest absolute Gasteiger partial charge is 0.227 e. The van der Waals surface area contributed by atoms with Crippen LogP contribution in [-0.2, 0) is 0 Å². The van der Waals surface area contributed by atoms with Gasteiger partial charge in [0.1, 0.15) is 16.7 Å². The Bertz CT molecular complexity index is 2830. The SMILES string of the molecule is c1ccc2cc(-c3nc(-c4cccc5c4ccc4oc6ncccc6c45)nc(-c4cccc5oc6ccccc6c45)n3)ccc2c1. The molecule has 0 saturated heterocycles. The molecular weight excluding hydrogens is 568 g/mol.